The van der Waals surface area contributed by atoms with Crippen molar-refractivity contribution < 1.29 is 9.53 Å². The minimum Gasteiger partial charge on any atom is -0.469 e. The second-order valence-corrected chi connectivity index (χ2v) is 5.77. The van der Waals surface area contributed by atoms with Gasteiger partial charge in [0.25, 0.3) is 0 Å². The van der Waals surface area contributed by atoms with Crippen molar-refractivity contribution in [2.24, 2.45) is 11.8 Å². The molecule has 4 heteroatoms. The summed E-state index contributed by atoms with van der Waals surface area (Å²) in [6.45, 7) is 5.59. The molecular weight excluding hydrogens is 306 g/mol. The highest BCUT2D eigenvalue weighted by atomic mass is 79.9. The lowest BCUT2D eigenvalue weighted by molar-refractivity contribution is -0.146. The summed E-state index contributed by atoms with van der Waals surface area (Å²) in [5.41, 5.74) is 1.27. The van der Waals surface area contributed by atoms with Crippen LogP contribution in [0.1, 0.15) is 19.4 Å². The molecule has 0 amide bonds. The third-order valence-corrected chi connectivity index (χ3v) is 3.98. The molecule has 106 valence electrons. The second-order valence-electron chi connectivity index (χ2n) is 4.92. The lowest BCUT2D eigenvalue weighted by Gasteiger charge is -2.18. The molecule has 1 aromatic rings. The molecule has 0 radical (unpaired) electrons. The fraction of sp³-hybridized carbons (Fsp3) is 0.533. The van der Waals surface area contributed by atoms with Crippen LogP contribution in [0.15, 0.2) is 28.7 Å². The fourth-order valence-electron chi connectivity index (χ4n) is 1.92. The first-order valence-corrected chi connectivity index (χ1v) is 7.37. The number of hydrogen-bond donors (Lipinski definition) is 1. The lowest BCUT2D eigenvalue weighted by atomic mass is 9.96. The molecule has 0 aliphatic carbocycles. The van der Waals surface area contributed by atoms with E-state index in [0.29, 0.717) is 6.54 Å². The van der Waals surface area contributed by atoms with Crippen molar-refractivity contribution in [3.05, 3.63) is 34.3 Å². The number of ether oxygens (including phenoxy) is 1. The Bertz CT molecular complexity index is 407. The van der Waals surface area contributed by atoms with E-state index >= 15 is 0 Å². The highest BCUT2D eigenvalue weighted by Crippen LogP contribution is 2.16. The van der Waals surface area contributed by atoms with Gasteiger partial charge in [0.15, 0.2) is 0 Å². The van der Waals surface area contributed by atoms with Crippen LogP contribution < -0.4 is 5.32 Å². The van der Waals surface area contributed by atoms with Crippen molar-refractivity contribution in [3.63, 3.8) is 0 Å². The van der Waals surface area contributed by atoms with Crippen LogP contribution in [0.3, 0.4) is 0 Å². The normalized spacial score (nSPS) is 12.5. The summed E-state index contributed by atoms with van der Waals surface area (Å²) in [6.07, 6.45) is 0.938. The van der Waals surface area contributed by atoms with Crippen molar-refractivity contribution >= 4 is 21.9 Å². The monoisotopic (exact) mass is 327 g/mol. The van der Waals surface area contributed by atoms with Crippen molar-refractivity contribution in [1.82, 2.24) is 5.32 Å². The largest absolute Gasteiger partial charge is 0.469 e. The molecule has 1 unspecified atom stereocenters. The minimum absolute atomic E-state index is 0.0794. The molecule has 19 heavy (non-hydrogen) atoms. The van der Waals surface area contributed by atoms with Gasteiger partial charge in [0, 0.05) is 11.0 Å². The minimum atomic E-state index is -0.136. The van der Waals surface area contributed by atoms with Crippen molar-refractivity contribution in [1.29, 1.82) is 0 Å². The highest BCUT2D eigenvalue weighted by Gasteiger charge is 2.22. The Labute approximate surface area is 123 Å². The summed E-state index contributed by atoms with van der Waals surface area (Å²) >= 11 is 3.53. The fourth-order valence-corrected chi connectivity index (χ4v) is 2.41. The number of hydrogen-bond acceptors (Lipinski definition) is 3. The van der Waals surface area contributed by atoms with Crippen LogP contribution >= 0.6 is 15.9 Å². The van der Waals surface area contributed by atoms with Gasteiger partial charge in [-0.3, -0.25) is 4.79 Å². The Hall–Kier alpha value is -0.870. The molecule has 1 N–H and O–H groups in total. The summed E-state index contributed by atoms with van der Waals surface area (Å²) < 4.78 is 5.95. The standard InChI is InChI=1S/C15H22BrNO2/c1-11(2)13(15(18)19-3)10-17-9-8-12-6-4-5-7-14(12)16/h4-7,11,13,17H,8-10H2,1-3H3. The number of carbonyl (C=O) groups excluding carboxylic acids is 1. The van der Waals surface area contributed by atoms with Crippen LogP contribution in [-0.2, 0) is 16.0 Å². The molecule has 0 heterocycles. The van der Waals surface area contributed by atoms with Crippen LogP contribution in [0.25, 0.3) is 0 Å². The molecule has 3 nitrogen and oxygen atoms in total. The second kappa shape index (κ2) is 8.33. The number of esters is 1. The average molecular weight is 328 g/mol. The third kappa shape index (κ3) is 5.33. The van der Waals surface area contributed by atoms with Gasteiger partial charge in [-0.1, -0.05) is 48.0 Å². The van der Waals surface area contributed by atoms with Crippen molar-refractivity contribution in [2.45, 2.75) is 20.3 Å². The Morgan fingerprint density at radius 1 is 1.37 bits per heavy atom. The predicted molar refractivity (Wildman–Crippen MR) is 81.1 cm³/mol. The Morgan fingerprint density at radius 2 is 2.05 bits per heavy atom. The molecule has 0 bridgehead atoms. The van der Waals surface area contributed by atoms with E-state index < -0.39 is 0 Å². The maximum atomic E-state index is 11.6. The Kier molecular flexibility index (Phi) is 7.10. The van der Waals surface area contributed by atoms with Gasteiger partial charge in [0.05, 0.1) is 13.0 Å². The number of rotatable bonds is 7. The summed E-state index contributed by atoms with van der Waals surface area (Å²) in [4.78, 5) is 11.6. The van der Waals surface area contributed by atoms with Crippen molar-refractivity contribution in [2.75, 3.05) is 20.2 Å². The molecule has 0 aliphatic heterocycles. The smallest absolute Gasteiger partial charge is 0.310 e. The van der Waals surface area contributed by atoms with Crippen molar-refractivity contribution in [3.8, 4) is 0 Å². The van der Waals surface area contributed by atoms with E-state index in [4.69, 9.17) is 4.74 Å². The first-order valence-electron chi connectivity index (χ1n) is 6.58. The first kappa shape index (κ1) is 16.2. The first-order chi connectivity index (χ1) is 9.06. The summed E-state index contributed by atoms with van der Waals surface area (Å²) in [5, 5.41) is 3.34. The number of halogens is 1. The lowest BCUT2D eigenvalue weighted by Crippen LogP contribution is -2.33. The predicted octanol–water partition coefficient (Wildman–Crippen LogP) is 3.03. The van der Waals surface area contributed by atoms with E-state index in [-0.39, 0.29) is 17.8 Å². The van der Waals surface area contributed by atoms with Crippen LogP contribution in [0, 0.1) is 11.8 Å². The molecule has 1 atom stereocenters. The number of benzene rings is 1. The maximum Gasteiger partial charge on any atom is 0.310 e. The van der Waals surface area contributed by atoms with Gasteiger partial charge in [-0.2, -0.15) is 0 Å². The van der Waals surface area contributed by atoms with E-state index in [1.54, 1.807) is 0 Å². The number of carbonyl (C=O) groups is 1. The zero-order valence-corrected chi connectivity index (χ0v) is 13.4. The van der Waals surface area contributed by atoms with Crippen LogP contribution in [0.5, 0.6) is 0 Å². The van der Waals surface area contributed by atoms with E-state index in [1.807, 2.05) is 32.0 Å². The molecule has 1 rings (SSSR count). The maximum absolute atomic E-state index is 11.6. The zero-order chi connectivity index (χ0) is 14.3. The highest BCUT2D eigenvalue weighted by molar-refractivity contribution is 9.10. The van der Waals surface area contributed by atoms with Gasteiger partial charge in [-0.05, 0) is 30.5 Å². The molecule has 0 saturated carbocycles. The van der Waals surface area contributed by atoms with Gasteiger partial charge in [0.2, 0.25) is 0 Å². The van der Waals surface area contributed by atoms with E-state index in [1.165, 1.54) is 12.7 Å². The Balaban J connectivity index is 2.37. The molecule has 1 aromatic carbocycles. The Morgan fingerprint density at radius 3 is 2.63 bits per heavy atom. The van der Waals surface area contributed by atoms with Gasteiger partial charge in [-0.15, -0.1) is 0 Å². The van der Waals surface area contributed by atoms with Gasteiger partial charge in [0.1, 0.15) is 0 Å². The summed E-state index contributed by atoms with van der Waals surface area (Å²) in [7, 11) is 1.44. The SMILES string of the molecule is COC(=O)C(CNCCc1ccccc1Br)C(C)C. The molecule has 0 aliphatic rings. The number of nitrogens with one attached hydrogen (secondary N) is 1. The van der Waals surface area contributed by atoms with E-state index in [9.17, 15) is 4.79 Å². The van der Waals surface area contributed by atoms with Crippen LogP contribution in [0.4, 0.5) is 0 Å². The quantitative estimate of drug-likeness (QED) is 0.618. The zero-order valence-electron chi connectivity index (χ0n) is 11.8. The van der Waals surface area contributed by atoms with Gasteiger partial charge >= 0.3 is 5.97 Å². The molecule has 0 aromatic heterocycles. The van der Waals surface area contributed by atoms with Crippen LogP contribution in [-0.4, -0.2) is 26.2 Å². The summed E-state index contributed by atoms with van der Waals surface area (Å²) in [5.74, 6) is 0.0658. The third-order valence-electron chi connectivity index (χ3n) is 3.20. The molecule has 0 spiro atoms. The van der Waals surface area contributed by atoms with Crippen LogP contribution in [0.2, 0.25) is 0 Å². The topological polar surface area (TPSA) is 38.3 Å². The summed E-state index contributed by atoms with van der Waals surface area (Å²) in [6, 6.07) is 8.19. The van der Waals surface area contributed by atoms with Gasteiger partial charge < -0.3 is 10.1 Å². The molecule has 0 fully saturated rings. The van der Waals surface area contributed by atoms with E-state index in [2.05, 4.69) is 27.3 Å². The average Bonchev–Trinajstić information content (AvgIpc) is 2.39. The number of methoxy groups -OCH3 is 1. The van der Waals surface area contributed by atoms with E-state index in [0.717, 1.165) is 17.4 Å². The van der Waals surface area contributed by atoms with Gasteiger partial charge in [-0.25, -0.2) is 0 Å². The molecule has 0 saturated heterocycles. The molecular formula is C15H22BrNO2.